The van der Waals surface area contributed by atoms with E-state index in [0.717, 1.165) is 35.1 Å². The third-order valence-corrected chi connectivity index (χ3v) is 2.91. The molecule has 0 spiro atoms. The molecule has 1 aliphatic rings. The van der Waals surface area contributed by atoms with E-state index in [1.54, 1.807) is 0 Å². The SMILES string of the molecule is CCc1ccc(CNc2ccc3c(c2)OCO3)o1. The molecule has 0 amide bonds. The summed E-state index contributed by atoms with van der Waals surface area (Å²) in [4.78, 5) is 0. The van der Waals surface area contributed by atoms with Crippen LogP contribution in [0.3, 0.4) is 0 Å². The Labute approximate surface area is 106 Å². The zero-order valence-electron chi connectivity index (χ0n) is 10.2. The van der Waals surface area contributed by atoms with Crippen LogP contribution in [-0.2, 0) is 13.0 Å². The van der Waals surface area contributed by atoms with Gasteiger partial charge in [-0.05, 0) is 24.3 Å². The van der Waals surface area contributed by atoms with Crippen LogP contribution in [0, 0.1) is 0 Å². The fourth-order valence-corrected chi connectivity index (χ4v) is 1.90. The summed E-state index contributed by atoms with van der Waals surface area (Å²) in [7, 11) is 0. The first-order chi connectivity index (χ1) is 8.85. The summed E-state index contributed by atoms with van der Waals surface area (Å²) < 4.78 is 16.2. The second kappa shape index (κ2) is 4.64. The van der Waals surface area contributed by atoms with Crippen LogP contribution in [0.5, 0.6) is 11.5 Å². The van der Waals surface area contributed by atoms with Gasteiger partial charge in [-0.2, -0.15) is 0 Å². The smallest absolute Gasteiger partial charge is 0.231 e. The van der Waals surface area contributed by atoms with Crippen molar-refractivity contribution in [1.29, 1.82) is 0 Å². The lowest BCUT2D eigenvalue weighted by atomic mass is 10.2. The van der Waals surface area contributed by atoms with Gasteiger partial charge in [0.2, 0.25) is 6.79 Å². The van der Waals surface area contributed by atoms with Gasteiger partial charge in [0.05, 0.1) is 6.54 Å². The van der Waals surface area contributed by atoms with Crippen LogP contribution >= 0.6 is 0 Å². The summed E-state index contributed by atoms with van der Waals surface area (Å²) in [6, 6.07) is 9.82. The Balaban J connectivity index is 1.66. The molecule has 1 aromatic carbocycles. The van der Waals surface area contributed by atoms with Crippen LogP contribution < -0.4 is 14.8 Å². The summed E-state index contributed by atoms with van der Waals surface area (Å²) >= 11 is 0. The van der Waals surface area contributed by atoms with Gasteiger partial charge in [0, 0.05) is 18.2 Å². The Kier molecular flexibility index (Phi) is 2.84. The highest BCUT2D eigenvalue weighted by molar-refractivity contribution is 5.55. The van der Waals surface area contributed by atoms with Crippen LogP contribution in [0.25, 0.3) is 0 Å². The molecule has 0 bridgehead atoms. The average Bonchev–Trinajstić information content (AvgIpc) is 3.04. The molecule has 94 valence electrons. The highest BCUT2D eigenvalue weighted by Crippen LogP contribution is 2.34. The predicted octanol–water partition coefficient (Wildman–Crippen LogP) is 3.18. The topological polar surface area (TPSA) is 43.6 Å². The molecule has 4 heteroatoms. The molecule has 0 atom stereocenters. The molecular formula is C14H15NO3. The molecule has 18 heavy (non-hydrogen) atoms. The summed E-state index contributed by atoms with van der Waals surface area (Å²) in [5.41, 5.74) is 0.994. The number of fused-ring (bicyclic) bond motifs is 1. The van der Waals surface area contributed by atoms with Gasteiger partial charge in [-0.15, -0.1) is 0 Å². The molecule has 1 N–H and O–H groups in total. The van der Waals surface area contributed by atoms with Gasteiger partial charge in [0.1, 0.15) is 11.5 Å². The van der Waals surface area contributed by atoms with Crippen LogP contribution in [-0.4, -0.2) is 6.79 Å². The molecule has 0 radical (unpaired) electrons. The van der Waals surface area contributed by atoms with Crippen LogP contribution in [0.2, 0.25) is 0 Å². The Morgan fingerprint density at radius 1 is 1.06 bits per heavy atom. The minimum Gasteiger partial charge on any atom is -0.464 e. The average molecular weight is 245 g/mol. The second-order valence-electron chi connectivity index (χ2n) is 4.14. The number of nitrogens with one attached hydrogen (secondary N) is 1. The maximum atomic E-state index is 5.63. The van der Waals surface area contributed by atoms with E-state index in [-0.39, 0.29) is 0 Å². The van der Waals surface area contributed by atoms with Crippen molar-refractivity contribution in [3.63, 3.8) is 0 Å². The van der Waals surface area contributed by atoms with E-state index in [9.17, 15) is 0 Å². The van der Waals surface area contributed by atoms with E-state index in [0.29, 0.717) is 13.3 Å². The standard InChI is InChI=1S/C14H15NO3/c1-2-11-4-5-12(18-11)8-15-10-3-6-13-14(7-10)17-9-16-13/h3-7,15H,2,8-9H2,1H3. The molecule has 0 saturated heterocycles. The number of hydrogen-bond donors (Lipinski definition) is 1. The van der Waals surface area contributed by atoms with Crippen molar-refractivity contribution >= 4 is 5.69 Å². The number of anilines is 1. The summed E-state index contributed by atoms with van der Waals surface area (Å²) in [6.07, 6.45) is 0.921. The highest BCUT2D eigenvalue weighted by atomic mass is 16.7. The third-order valence-electron chi connectivity index (χ3n) is 2.91. The van der Waals surface area contributed by atoms with E-state index < -0.39 is 0 Å². The van der Waals surface area contributed by atoms with Gasteiger partial charge in [-0.1, -0.05) is 6.92 Å². The van der Waals surface area contributed by atoms with Crippen LogP contribution in [0.4, 0.5) is 5.69 Å². The fraction of sp³-hybridized carbons (Fsp3) is 0.286. The van der Waals surface area contributed by atoms with Crippen molar-refractivity contribution in [3.8, 4) is 11.5 Å². The van der Waals surface area contributed by atoms with Crippen LogP contribution in [0.1, 0.15) is 18.4 Å². The zero-order valence-corrected chi connectivity index (χ0v) is 10.2. The Morgan fingerprint density at radius 3 is 2.72 bits per heavy atom. The molecule has 2 aromatic rings. The maximum absolute atomic E-state index is 5.63. The lowest BCUT2D eigenvalue weighted by Crippen LogP contribution is -1.97. The first-order valence-corrected chi connectivity index (χ1v) is 6.06. The molecular weight excluding hydrogens is 230 g/mol. The van der Waals surface area contributed by atoms with Gasteiger partial charge >= 0.3 is 0 Å². The quantitative estimate of drug-likeness (QED) is 0.898. The van der Waals surface area contributed by atoms with Crippen LogP contribution in [0.15, 0.2) is 34.7 Å². The Morgan fingerprint density at radius 2 is 1.89 bits per heavy atom. The van der Waals surface area contributed by atoms with E-state index in [1.807, 2.05) is 30.3 Å². The zero-order chi connectivity index (χ0) is 12.4. The monoisotopic (exact) mass is 245 g/mol. The minimum atomic E-state index is 0.302. The fourth-order valence-electron chi connectivity index (χ4n) is 1.90. The molecule has 2 heterocycles. The van der Waals surface area contributed by atoms with E-state index in [4.69, 9.17) is 13.9 Å². The Bertz CT molecular complexity index is 548. The normalized spacial score (nSPS) is 12.7. The number of ether oxygens (including phenoxy) is 2. The molecule has 1 aliphatic heterocycles. The number of rotatable bonds is 4. The number of aryl methyl sites for hydroxylation is 1. The van der Waals surface area contributed by atoms with Gasteiger partial charge in [-0.25, -0.2) is 0 Å². The molecule has 4 nitrogen and oxygen atoms in total. The first kappa shape index (κ1) is 11.0. The molecule has 3 rings (SSSR count). The first-order valence-electron chi connectivity index (χ1n) is 6.06. The number of furan rings is 1. The van der Waals surface area contributed by atoms with Crippen molar-refractivity contribution < 1.29 is 13.9 Å². The molecule has 0 unspecified atom stereocenters. The molecule has 0 aliphatic carbocycles. The largest absolute Gasteiger partial charge is 0.464 e. The number of benzene rings is 1. The Hall–Kier alpha value is -2.10. The van der Waals surface area contributed by atoms with Crippen molar-refractivity contribution in [1.82, 2.24) is 0 Å². The van der Waals surface area contributed by atoms with Gasteiger partial charge in [0.25, 0.3) is 0 Å². The van der Waals surface area contributed by atoms with E-state index in [2.05, 4.69) is 12.2 Å². The molecule has 1 aromatic heterocycles. The maximum Gasteiger partial charge on any atom is 0.231 e. The van der Waals surface area contributed by atoms with Crippen molar-refractivity contribution in [2.45, 2.75) is 19.9 Å². The van der Waals surface area contributed by atoms with Gasteiger partial charge in [-0.3, -0.25) is 0 Å². The predicted molar refractivity (Wildman–Crippen MR) is 68.0 cm³/mol. The summed E-state index contributed by atoms with van der Waals surface area (Å²) in [5.74, 6) is 3.53. The van der Waals surface area contributed by atoms with E-state index >= 15 is 0 Å². The highest BCUT2D eigenvalue weighted by Gasteiger charge is 2.13. The summed E-state index contributed by atoms with van der Waals surface area (Å²) in [6.45, 7) is 3.05. The second-order valence-corrected chi connectivity index (χ2v) is 4.14. The minimum absolute atomic E-state index is 0.302. The number of hydrogen-bond acceptors (Lipinski definition) is 4. The van der Waals surface area contributed by atoms with Gasteiger partial charge in [0.15, 0.2) is 11.5 Å². The lowest BCUT2D eigenvalue weighted by molar-refractivity contribution is 0.174. The van der Waals surface area contributed by atoms with Crippen molar-refractivity contribution in [3.05, 3.63) is 41.9 Å². The van der Waals surface area contributed by atoms with Crippen molar-refractivity contribution in [2.75, 3.05) is 12.1 Å². The van der Waals surface area contributed by atoms with Gasteiger partial charge < -0.3 is 19.2 Å². The third kappa shape index (κ3) is 2.14. The van der Waals surface area contributed by atoms with E-state index in [1.165, 1.54) is 0 Å². The molecule has 0 saturated carbocycles. The van der Waals surface area contributed by atoms with Crippen molar-refractivity contribution in [2.24, 2.45) is 0 Å². The lowest BCUT2D eigenvalue weighted by Gasteiger charge is -2.05. The molecule has 0 fully saturated rings. The summed E-state index contributed by atoms with van der Waals surface area (Å²) in [5, 5.41) is 3.30.